The van der Waals surface area contributed by atoms with Gasteiger partial charge in [0, 0.05) is 18.8 Å². The number of hydrogen-bond donors (Lipinski definition) is 1. The minimum absolute atomic E-state index is 0.322. The van der Waals surface area contributed by atoms with Gasteiger partial charge in [-0.25, -0.2) is 9.67 Å². The van der Waals surface area contributed by atoms with Gasteiger partial charge in [0.2, 0.25) is 0 Å². The lowest BCUT2D eigenvalue weighted by Crippen LogP contribution is -2.30. The van der Waals surface area contributed by atoms with E-state index < -0.39 is 0 Å². The minimum atomic E-state index is 0.322. The summed E-state index contributed by atoms with van der Waals surface area (Å²) >= 11 is 0. The largest absolute Gasteiger partial charge is 0.308 e. The molecule has 0 aliphatic heterocycles. The Morgan fingerprint density at radius 1 is 1.23 bits per heavy atom. The third-order valence-corrected chi connectivity index (χ3v) is 3.52. The molecular formula is C16H20N6. The zero-order chi connectivity index (χ0) is 15.4. The fraction of sp³-hybridized carbons (Fsp3) is 0.312. The molecule has 6 nitrogen and oxygen atoms in total. The molecule has 22 heavy (non-hydrogen) atoms. The predicted octanol–water partition coefficient (Wildman–Crippen LogP) is 1.95. The zero-order valence-corrected chi connectivity index (χ0v) is 12.8. The molecule has 0 saturated carbocycles. The summed E-state index contributed by atoms with van der Waals surface area (Å²) in [6.45, 7) is 5.84. The first kappa shape index (κ1) is 14.5. The molecule has 0 spiro atoms. The Bertz CT molecular complexity index is 716. The van der Waals surface area contributed by atoms with Crippen LogP contribution in [0.25, 0.3) is 5.69 Å². The highest BCUT2D eigenvalue weighted by Crippen LogP contribution is 2.12. The molecule has 0 saturated heterocycles. The van der Waals surface area contributed by atoms with Crippen molar-refractivity contribution < 1.29 is 0 Å². The molecule has 2 aromatic heterocycles. The van der Waals surface area contributed by atoms with E-state index in [1.807, 2.05) is 29.1 Å². The minimum Gasteiger partial charge on any atom is -0.308 e. The zero-order valence-electron chi connectivity index (χ0n) is 12.8. The molecule has 0 bridgehead atoms. The number of benzene rings is 1. The van der Waals surface area contributed by atoms with Gasteiger partial charge in [0.05, 0.1) is 18.4 Å². The van der Waals surface area contributed by atoms with E-state index in [4.69, 9.17) is 0 Å². The molecule has 6 heteroatoms. The SMILES string of the molecule is Cc1cnn(C[C@@H](C)NCc2ccccc2-n2cncn2)c1. The second-order valence-corrected chi connectivity index (χ2v) is 5.49. The third-order valence-electron chi connectivity index (χ3n) is 3.52. The number of rotatable bonds is 6. The van der Waals surface area contributed by atoms with Crippen LogP contribution in [0.2, 0.25) is 0 Å². The van der Waals surface area contributed by atoms with E-state index in [0.29, 0.717) is 6.04 Å². The Hall–Kier alpha value is -2.47. The molecular weight excluding hydrogens is 276 g/mol. The molecule has 0 fully saturated rings. The Morgan fingerprint density at radius 2 is 2.09 bits per heavy atom. The lowest BCUT2D eigenvalue weighted by Gasteiger charge is -2.15. The van der Waals surface area contributed by atoms with Crippen molar-refractivity contribution in [1.82, 2.24) is 29.9 Å². The number of aromatic nitrogens is 5. The van der Waals surface area contributed by atoms with E-state index in [2.05, 4.69) is 46.6 Å². The monoisotopic (exact) mass is 296 g/mol. The van der Waals surface area contributed by atoms with Crippen molar-refractivity contribution >= 4 is 0 Å². The van der Waals surface area contributed by atoms with Gasteiger partial charge in [-0.2, -0.15) is 10.2 Å². The molecule has 1 N–H and O–H groups in total. The summed E-state index contributed by atoms with van der Waals surface area (Å²) in [6.07, 6.45) is 7.20. The van der Waals surface area contributed by atoms with Crippen LogP contribution in [-0.4, -0.2) is 30.6 Å². The van der Waals surface area contributed by atoms with Gasteiger partial charge in [0.25, 0.3) is 0 Å². The standard InChI is InChI=1S/C16H20N6/c1-13-7-19-21(9-13)10-14(2)18-8-15-5-3-4-6-16(15)22-12-17-11-20-22/h3-7,9,11-12,14,18H,8,10H2,1-2H3/t14-/m1/s1. The van der Waals surface area contributed by atoms with Gasteiger partial charge in [-0.15, -0.1) is 0 Å². The molecule has 1 aromatic carbocycles. The maximum Gasteiger partial charge on any atom is 0.138 e. The van der Waals surface area contributed by atoms with Gasteiger partial charge in [-0.3, -0.25) is 4.68 Å². The number of nitrogens with one attached hydrogen (secondary N) is 1. The van der Waals surface area contributed by atoms with Crippen LogP contribution in [0, 0.1) is 6.92 Å². The van der Waals surface area contributed by atoms with Gasteiger partial charge in [0.15, 0.2) is 0 Å². The highest BCUT2D eigenvalue weighted by molar-refractivity contribution is 5.39. The lowest BCUT2D eigenvalue weighted by atomic mass is 10.1. The third kappa shape index (κ3) is 3.40. The molecule has 0 aliphatic carbocycles. The number of para-hydroxylation sites is 1. The lowest BCUT2D eigenvalue weighted by molar-refractivity contribution is 0.450. The Balaban J connectivity index is 1.64. The Kier molecular flexibility index (Phi) is 4.29. The summed E-state index contributed by atoms with van der Waals surface area (Å²) < 4.78 is 3.76. The fourth-order valence-electron chi connectivity index (χ4n) is 2.41. The van der Waals surface area contributed by atoms with E-state index in [0.717, 1.165) is 18.8 Å². The number of hydrogen-bond acceptors (Lipinski definition) is 4. The van der Waals surface area contributed by atoms with Crippen molar-refractivity contribution in [3.8, 4) is 5.69 Å². The van der Waals surface area contributed by atoms with Gasteiger partial charge >= 0.3 is 0 Å². The number of nitrogens with zero attached hydrogens (tertiary/aromatic N) is 5. The fourth-order valence-corrected chi connectivity index (χ4v) is 2.41. The summed E-state index contributed by atoms with van der Waals surface area (Å²) in [5.41, 5.74) is 3.43. The second-order valence-electron chi connectivity index (χ2n) is 5.49. The van der Waals surface area contributed by atoms with Gasteiger partial charge in [-0.1, -0.05) is 18.2 Å². The molecule has 3 rings (SSSR count). The molecule has 0 amide bonds. The number of aryl methyl sites for hydroxylation is 1. The molecule has 3 aromatic rings. The van der Waals surface area contributed by atoms with Gasteiger partial charge < -0.3 is 5.32 Å². The first-order valence-corrected chi connectivity index (χ1v) is 7.38. The van der Waals surface area contributed by atoms with Crippen molar-refractivity contribution in [1.29, 1.82) is 0 Å². The molecule has 2 heterocycles. The van der Waals surface area contributed by atoms with E-state index in [9.17, 15) is 0 Å². The average molecular weight is 296 g/mol. The normalized spacial score (nSPS) is 12.5. The summed E-state index contributed by atoms with van der Waals surface area (Å²) in [7, 11) is 0. The predicted molar refractivity (Wildman–Crippen MR) is 84.6 cm³/mol. The van der Waals surface area contributed by atoms with Crippen LogP contribution in [0.4, 0.5) is 0 Å². The van der Waals surface area contributed by atoms with Crippen molar-refractivity contribution in [2.45, 2.75) is 33.0 Å². The second kappa shape index (κ2) is 6.53. The van der Waals surface area contributed by atoms with Crippen LogP contribution in [0.1, 0.15) is 18.1 Å². The Morgan fingerprint density at radius 3 is 2.82 bits per heavy atom. The summed E-state index contributed by atoms with van der Waals surface area (Å²) in [4.78, 5) is 4.01. The van der Waals surface area contributed by atoms with Crippen LogP contribution in [-0.2, 0) is 13.1 Å². The van der Waals surface area contributed by atoms with Crippen molar-refractivity contribution in [2.75, 3.05) is 0 Å². The topological polar surface area (TPSA) is 60.6 Å². The van der Waals surface area contributed by atoms with Crippen LogP contribution >= 0.6 is 0 Å². The van der Waals surface area contributed by atoms with E-state index >= 15 is 0 Å². The van der Waals surface area contributed by atoms with Crippen LogP contribution < -0.4 is 5.32 Å². The maximum atomic E-state index is 4.32. The molecule has 114 valence electrons. The smallest absolute Gasteiger partial charge is 0.138 e. The summed E-state index contributed by atoms with van der Waals surface area (Å²) in [6, 6.07) is 8.53. The van der Waals surface area contributed by atoms with Crippen molar-refractivity contribution in [3.63, 3.8) is 0 Å². The summed E-state index contributed by atoms with van der Waals surface area (Å²) in [5.74, 6) is 0. The molecule has 0 radical (unpaired) electrons. The highest BCUT2D eigenvalue weighted by Gasteiger charge is 2.07. The van der Waals surface area contributed by atoms with Gasteiger partial charge in [0.1, 0.15) is 12.7 Å². The quantitative estimate of drug-likeness (QED) is 0.755. The maximum absolute atomic E-state index is 4.32. The van der Waals surface area contributed by atoms with Gasteiger partial charge in [-0.05, 0) is 31.0 Å². The first-order valence-electron chi connectivity index (χ1n) is 7.38. The molecule has 1 atom stereocenters. The van der Waals surface area contributed by atoms with Crippen LogP contribution in [0.5, 0.6) is 0 Å². The van der Waals surface area contributed by atoms with Crippen LogP contribution in [0.3, 0.4) is 0 Å². The van der Waals surface area contributed by atoms with Crippen LogP contribution in [0.15, 0.2) is 49.3 Å². The van der Waals surface area contributed by atoms with Crippen molar-refractivity contribution in [3.05, 3.63) is 60.4 Å². The van der Waals surface area contributed by atoms with E-state index in [1.165, 1.54) is 11.1 Å². The Labute approximate surface area is 129 Å². The van der Waals surface area contributed by atoms with Crippen molar-refractivity contribution in [2.24, 2.45) is 0 Å². The average Bonchev–Trinajstić information content (AvgIpc) is 3.17. The first-order chi connectivity index (χ1) is 10.7. The highest BCUT2D eigenvalue weighted by atomic mass is 15.3. The van der Waals surface area contributed by atoms with E-state index in [1.54, 1.807) is 17.3 Å². The summed E-state index contributed by atoms with van der Waals surface area (Å²) in [5, 5.41) is 12.1. The molecule has 0 unspecified atom stereocenters. The van der Waals surface area contributed by atoms with E-state index in [-0.39, 0.29) is 0 Å². The molecule has 0 aliphatic rings.